The molecule has 2 aromatic rings. The van der Waals surface area contributed by atoms with Crippen molar-refractivity contribution in [3.05, 3.63) is 28.1 Å². The molecule has 0 aliphatic carbocycles. The van der Waals surface area contributed by atoms with Crippen molar-refractivity contribution in [2.24, 2.45) is 0 Å². The smallest absolute Gasteiger partial charge is 0.250 e. The molecule has 0 aliphatic heterocycles. The average Bonchev–Trinajstić information content (AvgIpc) is 2.85. The van der Waals surface area contributed by atoms with E-state index < -0.39 is 10.0 Å². The van der Waals surface area contributed by atoms with E-state index in [4.69, 9.17) is 5.73 Å². The summed E-state index contributed by atoms with van der Waals surface area (Å²) in [6.07, 6.45) is 0. The van der Waals surface area contributed by atoms with E-state index >= 15 is 0 Å². The quantitative estimate of drug-likeness (QED) is 0.894. The lowest BCUT2D eigenvalue weighted by Crippen LogP contribution is -2.22. The van der Waals surface area contributed by atoms with Crippen LogP contribution in [0.3, 0.4) is 0 Å². The Morgan fingerprint density at radius 3 is 2.76 bits per heavy atom. The molecule has 0 bridgehead atoms. The normalized spacial score (nSPS) is 11.8. The van der Waals surface area contributed by atoms with Crippen LogP contribution in [-0.2, 0) is 16.6 Å². The van der Waals surface area contributed by atoms with E-state index in [-0.39, 0.29) is 6.54 Å². The number of aromatic nitrogens is 1. The van der Waals surface area contributed by atoms with Gasteiger partial charge in [0.15, 0.2) is 5.13 Å². The largest absolute Gasteiger partial charge is 0.375 e. The zero-order valence-electron chi connectivity index (χ0n) is 9.00. The fourth-order valence-corrected chi connectivity index (χ4v) is 4.09. The summed E-state index contributed by atoms with van der Waals surface area (Å²) in [6, 6.07) is 3.37. The molecule has 0 saturated carbocycles. The van der Waals surface area contributed by atoms with Crippen molar-refractivity contribution < 1.29 is 8.42 Å². The van der Waals surface area contributed by atoms with Gasteiger partial charge in [0, 0.05) is 10.3 Å². The van der Waals surface area contributed by atoms with E-state index in [9.17, 15) is 8.42 Å². The van der Waals surface area contributed by atoms with Crippen LogP contribution in [0.1, 0.15) is 10.6 Å². The van der Waals surface area contributed by atoms with Gasteiger partial charge in [-0.05, 0) is 19.1 Å². The number of nitrogens with two attached hydrogens (primary N) is 1. The van der Waals surface area contributed by atoms with Crippen molar-refractivity contribution in [2.75, 3.05) is 5.73 Å². The van der Waals surface area contributed by atoms with Crippen LogP contribution < -0.4 is 10.5 Å². The molecule has 0 aromatic carbocycles. The predicted molar refractivity (Wildman–Crippen MR) is 69.6 cm³/mol. The van der Waals surface area contributed by atoms with Crippen molar-refractivity contribution >= 4 is 37.8 Å². The monoisotopic (exact) mass is 289 g/mol. The molecule has 0 fully saturated rings. The van der Waals surface area contributed by atoms with Crippen LogP contribution in [0.25, 0.3) is 0 Å². The van der Waals surface area contributed by atoms with Gasteiger partial charge in [0.1, 0.15) is 4.21 Å². The zero-order chi connectivity index (χ0) is 12.5. The number of nitrogens with one attached hydrogen (secondary N) is 1. The van der Waals surface area contributed by atoms with Crippen LogP contribution in [0.4, 0.5) is 5.13 Å². The summed E-state index contributed by atoms with van der Waals surface area (Å²) in [5, 5.41) is 2.17. The molecule has 2 aromatic heterocycles. The standard InChI is InChI=1S/C9H11N3O2S3/c1-6-2-3-8(16-6)17(13,14)11-4-7-5-15-9(10)12-7/h2-3,5,11H,4H2,1H3,(H2,10,12). The highest BCUT2D eigenvalue weighted by Gasteiger charge is 2.16. The number of hydrogen-bond acceptors (Lipinski definition) is 6. The molecule has 2 heterocycles. The summed E-state index contributed by atoms with van der Waals surface area (Å²) < 4.78 is 26.5. The molecular weight excluding hydrogens is 278 g/mol. The van der Waals surface area contributed by atoms with Gasteiger partial charge >= 0.3 is 0 Å². The maximum atomic E-state index is 11.9. The second-order valence-corrected chi connectivity index (χ2v) is 7.54. The molecule has 0 unspecified atom stereocenters. The zero-order valence-corrected chi connectivity index (χ0v) is 11.5. The lowest BCUT2D eigenvalue weighted by atomic mass is 10.5. The van der Waals surface area contributed by atoms with E-state index in [0.717, 1.165) is 4.88 Å². The molecule has 3 N–H and O–H groups in total. The molecule has 17 heavy (non-hydrogen) atoms. The van der Waals surface area contributed by atoms with E-state index in [1.165, 1.54) is 22.7 Å². The Bertz CT molecular complexity index is 615. The Morgan fingerprint density at radius 1 is 1.47 bits per heavy atom. The Kier molecular flexibility index (Phi) is 3.48. The van der Waals surface area contributed by atoms with Gasteiger partial charge in [-0.2, -0.15) is 0 Å². The van der Waals surface area contributed by atoms with Gasteiger partial charge in [0.2, 0.25) is 10.0 Å². The van der Waals surface area contributed by atoms with Crippen LogP contribution in [0, 0.1) is 6.92 Å². The molecule has 0 spiro atoms. The second kappa shape index (κ2) is 4.73. The lowest BCUT2D eigenvalue weighted by molar-refractivity contribution is 0.583. The Balaban J connectivity index is 2.08. The molecule has 0 saturated heterocycles. The van der Waals surface area contributed by atoms with Gasteiger partial charge in [0.05, 0.1) is 12.2 Å². The van der Waals surface area contributed by atoms with E-state index in [1.54, 1.807) is 17.5 Å². The predicted octanol–water partition coefficient (Wildman–Crippen LogP) is 1.57. The number of hydrogen-bond donors (Lipinski definition) is 2. The van der Waals surface area contributed by atoms with Gasteiger partial charge in [0.25, 0.3) is 0 Å². The second-order valence-electron chi connectivity index (χ2n) is 3.37. The number of rotatable bonds is 4. The first kappa shape index (κ1) is 12.5. The molecule has 0 aliphatic rings. The van der Waals surface area contributed by atoms with Gasteiger partial charge in [-0.15, -0.1) is 22.7 Å². The van der Waals surface area contributed by atoms with Crippen LogP contribution in [0.5, 0.6) is 0 Å². The van der Waals surface area contributed by atoms with E-state index in [0.29, 0.717) is 15.0 Å². The molecule has 92 valence electrons. The van der Waals surface area contributed by atoms with Crippen LogP contribution in [0.2, 0.25) is 0 Å². The summed E-state index contributed by atoms with van der Waals surface area (Å²) in [5.74, 6) is 0. The number of sulfonamides is 1. The summed E-state index contributed by atoms with van der Waals surface area (Å²) in [7, 11) is -3.44. The number of nitrogen functional groups attached to an aromatic ring is 1. The number of thiazole rings is 1. The number of thiophene rings is 1. The average molecular weight is 289 g/mol. The highest BCUT2D eigenvalue weighted by molar-refractivity contribution is 7.91. The Hall–Kier alpha value is -0.960. The summed E-state index contributed by atoms with van der Waals surface area (Å²) in [6.45, 7) is 2.03. The van der Waals surface area contributed by atoms with Gasteiger partial charge < -0.3 is 5.73 Å². The van der Waals surface area contributed by atoms with Crippen molar-refractivity contribution in [2.45, 2.75) is 17.7 Å². The lowest BCUT2D eigenvalue weighted by Gasteiger charge is -2.01. The fourth-order valence-electron chi connectivity index (χ4n) is 1.20. The highest BCUT2D eigenvalue weighted by Crippen LogP contribution is 2.20. The first-order valence-electron chi connectivity index (χ1n) is 4.73. The summed E-state index contributed by atoms with van der Waals surface area (Å²) in [4.78, 5) is 4.95. The van der Waals surface area contributed by atoms with Crippen LogP contribution in [0.15, 0.2) is 21.7 Å². The Labute approximate surface area is 107 Å². The molecule has 5 nitrogen and oxygen atoms in total. The van der Waals surface area contributed by atoms with Crippen LogP contribution >= 0.6 is 22.7 Å². The summed E-state index contributed by atoms with van der Waals surface area (Å²) >= 11 is 2.53. The maximum Gasteiger partial charge on any atom is 0.250 e. The molecule has 8 heteroatoms. The minimum Gasteiger partial charge on any atom is -0.375 e. The van der Waals surface area contributed by atoms with E-state index in [2.05, 4.69) is 9.71 Å². The van der Waals surface area contributed by atoms with E-state index in [1.807, 2.05) is 6.92 Å². The minimum atomic E-state index is -3.44. The number of anilines is 1. The third kappa shape index (κ3) is 3.03. The number of nitrogens with zero attached hydrogens (tertiary/aromatic N) is 1. The third-order valence-electron chi connectivity index (χ3n) is 1.99. The third-order valence-corrected chi connectivity index (χ3v) is 5.61. The molecular formula is C9H11N3O2S3. The highest BCUT2D eigenvalue weighted by atomic mass is 32.2. The van der Waals surface area contributed by atoms with Crippen molar-refractivity contribution in [3.8, 4) is 0 Å². The maximum absolute atomic E-state index is 11.9. The fraction of sp³-hybridized carbons (Fsp3) is 0.222. The number of aryl methyl sites for hydroxylation is 1. The first-order valence-corrected chi connectivity index (χ1v) is 7.91. The first-order chi connectivity index (χ1) is 7.97. The molecule has 0 amide bonds. The van der Waals surface area contributed by atoms with Crippen molar-refractivity contribution in [3.63, 3.8) is 0 Å². The van der Waals surface area contributed by atoms with Crippen molar-refractivity contribution in [1.29, 1.82) is 0 Å². The van der Waals surface area contributed by atoms with Crippen molar-refractivity contribution in [1.82, 2.24) is 9.71 Å². The molecule has 2 rings (SSSR count). The Morgan fingerprint density at radius 2 is 2.24 bits per heavy atom. The summed E-state index contributed by atoms with van der Waals surface area (Å²) in [5.41, 5.74) is 6.09. The molecule has 0 radical (unpaired) electrons. The van der Waals surface area contributed by atoms with Gasteiger partial charge in [-0.3, -0.25) is 0 Å². The minimum absolute atomic E-state index is 0.160. The molecule has 0 atom stereocenters. The van der Waals surface area contributed by atoms with Gasteiger partial charge in [-0.1, -0.05) is 0 Å². The van der Waals surface area contributed by atoms with Gasteiger partial charge in [-0.25, -0.2) is 18.1 Å². The SMILES string of the molecule is Cc1ccc(S(=O)(=O)NCc2csc(N)n2)s1. The van der Waals surface area contributed by atoms with Crippen LogP contribution in [-0.4, -0.2) is 13.4 Å². The topological polar surface area (TPSA) is 85.1 Å².